The zero-order valence-electron chi connectivity index (χ0n) is 16.0. The quantitative estimate of drug-likeness (QED) is 0.586. The Morgan fingerprint density at radius 1 is 1.14 bits per heavy atom. The van der Waals surface area contributed by atoms with Crippen molar-refractivity contribution in [2.75, 3.05) is 17.7 Å². The number of esters is 1. The Labute approximate surface area is 166 Å². The number of hydrogen-bond donors (Lipinski definition) is 2. The molecule has 3 atom stereocenters. The fraction of sp³-hybridized carbons (Fsp3) is 0.273. The topological polar surface area (TPSA) is 67.4 Å². The van der Waals surface area contributed by atoms with E-state index in [4.69, 9.17) is 4.74 Å². The highest BCUT2D eigenvalue weighted by Gasteiger charge is 2.44. The third-order valence-electron chi connectivity index (χ3n) is 5.49. The molecule has 0 amide bonds. The molecule has 1 heterocycles. The van der Waals surface area contributed by atoms with Crippen molar-refractivity contribution < 1.29 is 23.1 Å². The molecule has 150 valence electrons. The average Bonchev–Trinajstić information content (AvgIpc) is 2.86. The lowest BCUT2D eigenvalue weighted by Gasteiger charge is -2.32. The van der Waals surface area contributed by atoms with Gasteiger partial charge in [0.05, 0.1) is 24.5 Å². The molecule has 0 unspecified atom stereocenters. The Balaban J connectivity index is 1.91. The van der Waals surface area contributed by atoms with E-state index < -0.39 is 35.3 Å². The standard InChI is InChI=1S/C22H20F2N2O3/c1-11-9-17-19(21(27)18(11)22(28)29-2)20(13-10-12(23)7-8-14(13)24)26-16-6-4-3-5-15(16)25-17/h3-8,10-11,18,20,25-26H,9H2,1-2H3/t11-,18+,20+/m1/s1. The number of allylic oxidation sites excluding steroid dienone is 1. The summed E-state index contributed by atoms with van der Waals surface area (Å²) >= 11 is 0. The number of carbonyl (C=O) groups excluding carboxylic acids is 2. The molecule has 29 heavy (non-hydrogen) atoms. The SMILES string of the molecule is COC(=O)[C@@H]1C(=O)C2=C(C[C@H]1C)Nc1ccccc1N[C@H]2c1cc(F)ccc1F. The normalized spacial score (nSPS) is 23.3. The largest absolute Gasteiger partial charge is 0.468 e. The van der Waals surface area contributed by atoms with Gasteiger partial charge in [-0.3, -0.25) is 9.59 Å². The lowest BCUT2D eigenvalue weighted by molar-refractivity contribution is -0.151. The fourth-order valence-electron chi connectivity index (χ4n) is 4.10. The zero-order chi connectivity index (χ0) is 20.7. The van der Waals surface area contributed by atoms with Crippen molar-refractivity contribution in [2.24, 2.45) is 11.8 Å². The molecule has 2 aromatic carbocycles. The zero-order valence-corrected chi connectivity index (χ0v) is 16.0. The van der Waals surface area contributed by atoms with Crippen LogP contribution in [-0.2, 0) is 14.3 Å². The number of halogens is 2. The van der Waals surface area contributed by atoms with Crippen LogP contribution in [0, 0.1) is 23.5 Å². The highest BCUT2D eigenvalue weighted by molar-refractivity contribution is 6.11. The van der Waals surface area contributed by atoms with E-state index >= 15 is 0 Å². The predicted octanol–water partition coefficient (Wildman–Crippen LogP) is 4.20. The van der Waals surface area contributed by atoms with E-state index in [1.54, 1.807) is 19.1 Å². The van der Waals surface area contributed by atoms with E-state index in [1.165, 1.54) is 7.11 Å². The van der Waals surface area contributed by atoms with Gasteiger partial charge in [-0.1, -0.05) is 19.1 Å². The van der Waals surface area contributed by atoms with Crippen molar-refractivity contribution in [1.29, 1.82) is 0 Å². The lowest BCUT2D eigenvalue weighted by Crippen LogP contribution is -2.39. The van der Waals surface area contributed by atoms with Gasteiger partial charge in [0.15, 0.2) is 5.78 Å². The number of carbonyl (C=O) groups is 2. The molecule has 0 spiro atoms. The predicted molar refractivity (Wildman–Crippen MR) is 104 cm³/mol. The van der Waals surface area contributed by atoms with Crippen LogP contribution in [0.4, 0.5) is 20.2 Å². The van der Waals surface area contributed by atoms with Crippen LogP contribution in [0.25, 0.3) is 0 Å². The highest BCUT2D eigenvalue weighted by Crippen LogP contribution is 2.44. The van der Waals surface area contributed by atoms with E-state index in [-0.39, 0.29) is 17.1 Å². The van der Waals surface area contributed by atoms with Crippen LogP contribution in [0.2, 0.25) is 0 Å². The van der Waals surface area contributed by atoms with Crippen molar-refractivity contribution in [3.8, 4) is 0 Å². The molecular weight excluding hydrogens is 378 g/mol. The Bertz CT molecular complexity index is 1030. The summed E-state index contributed by atoms with van der Waals surface area (Å²) in [4.78, 5) is 25.7. The number of fused-ring (bicyclic) bond motifs is 1. The second-order valence-corrected chi connectivity index (χ2v) is 7.35. The monoisotopic (exact) mass is 398 g/mol. The van der Waals surface area contributed by atoms with Crippen molar-refractivity contribution in [1.82, 2.24) is 0 Å². The summed E-state index contributed by atoms with van der Waals surface area (Å²) in [6.07, 6.45) is 0.393. The molecule has 1 aliphatic heterocycles. The first-order valence-corrected chi connectivity index (χ1v) is 9.33. The highest BCUT2D eigenvalue weighted by atomic mass is 19.1. The van der Waals surface area contributed by atoms with Gasteiger partial charge in [-0.15, -0.1) is 0 Å². The molecule has 5 nitrogen and oxygen atoms in total. The number of benzene rings is 2. The van der Waals surface area contributed by atoms with Gasteiger partial charge in [0, 0.05) is 16.8 Å². The van der Waals surface area contributed by atoms with Crippen LogP contribution in [0.5, 0.6) is 0 Å². The van der Waals surface area contributed by atoms with Crippen molar-refractivity contribution in [3.05, 3.63) is 70.9 Å². The molecule has 2 N–H and O–H groups in total. The third kappa shape index (κ3) is 3.26. The van der Waals surface area contributed by atoms with Gasteiger partial charge in [0.2, 0.25) is 0 Å². The fourth-order valence-corrected chi connectivity index (χ4v) is 4.10. The van der Waals surface area contributed by atoms with Gasteiger partial charge in [0.25, 0.3) is 0 Å². The lowest BCUT2D eigenvalue weighted by atomic mass is 9.74. The molecule has 0 radical (unpaired) electrons. The Kier molecular flexibility index (Phi) is 4.82. The maximum absolute atomic E-state index is 14.7. The summed E-state index contributed by atoms with van der Waals surface area (Å²) in [6.45, 7) is 1.80. The Morgan fingerprint density at radius 3 is 2.59 bits per heavy atom. The third-order valence-corrected chi connectivity index (χ3v) is 5.49. The number of hydrogen-bond acceptors (Lipinski definition) is 5. The summed E-state index contributed by atoms with van der Waals surface area (Å²) in [7, 11) is 1.23. The molecule has 1 aliphatic carbocycles. The van der Waals surface area contributed by atoms with Crippen molar-refractivity contribution >= 4 is 23.1 Å². The first-order valence-electron chi connectivity index (χ1n) is 9.33. The van der Waals surface area contributed by atoms with E-state index in [2.05, 4.69) is 10.6 Å². The minimum atomic E-state index is -0.998. The number of para-hydroxylation sites is 2. The molecule has 0 aromatic heterocycles. The molecule has 0 bridgehead atoms. The first-order chi connectivity index (χ1) is 13.9. The second-order valence-electron chi connectivity index (χ2n) is 7.35. The first kappa shape index (κ1) is 19.1. The Morgan fingerprint density at radius 2 is 1.86 bits per heavy atom. The van der Waals surface area contributed by atoms with Gasteiger partial charge in [-0.2, -0.15) is 0 Å². The van der Waals surface area contributed by atoms with Gasteiger partial charge in [-0.25, -0.2) is 8.78 Å². The number of methoxy groups -OCH3 is 1. The van der Waals surface area contributed by atoms with Crippen LogP contribution in [-0.4, -0.2) is 18.9 Å². The van der Waals surface area contributed by atoms with Crippen molar-refractivity contribution in [2.45, 2.75) is 19.4 Å². The molecule has 2 aliphatic rings. The minimum Gasteiger partial charge on any atom is -0.468 e. The molecule has 7 heteroatoms. The molecule has 4 rings (SSSR count). The Hall–Kier alpha value is -3.22. The number of ketones is 1. The summed E-state index contributed by atoms with van der Waals surface area (Å²) < 4.78 is 33.5. The molecule has 2 aromatic rings. The molecule has 0 fully saturated rings. The maximum atomic E-state index is 14.7. The summed E-state index contributed by atoms with van der Waals surface area (Å²) in [5.74, 6) is -3.64. The van der Waals surface area contributed by atoms with E-state index in [0.29, 0.717) is 17.8 Å². The van der Waals surface area contributed by atoms with E-state index in [9.17, 15) is 18.4 Å². The number of rotatable bonds is 2. The summed E-state index contributed by atoms with van der Waals surface area (Å²) in [5, 5.41) is 6.43. The van der Waals surface area contributed by atoms with Crippen LogP contribution in [0.3, 0.4) is 0 Å². The number of nitrogens with one attached hydrogen (secondary N) is 2. The van der Waals surface area contributed by atoms with Gasteiger partial charge >= 0.3 is 5.97 Å². The van der Waals surface area contributed by atoms with Crippen LogP contribution < -0.4 is 10.6 Å². The van der Waals surface area contributed by atoms with Gasteiger partial charge < -0.3 is 15.4 Å². The van der Waals surface area contributed by atoms with Gasteiger partial charge in [0.1, 0.15) is 17.6 Å². The number of ether oxygens (including phenoxy) is 1. The van der Waals surface area contributed by atoms with Crippen LogP contribution in [0.1, 0.15) is 24.9 Å². The molecule has 0 saturated heterocycles. The van der Waals surface area contributed by atoms with Gasteiger partial charge in [-0.05, 0) is 42.7 Å². The van der Waals surface area contributed by atoms with Crippen LogP contribution >= 0.6 is 0 Å². The summed E-state index contributed by atoms with van der Waals surface area (Å²) in [5.41, 5.74) is 2.18. The van der Waals surface area contributed by atoms with Crippen LogP contribution in [0.15, 0.2) is 53.7 Å². The smallest absolute Gasteiger partial charge is 0.316 e. The minimum absolute atomic E-state index is 0.00234. The second kappa shape index (κ2) is 7.31. The summed E-state index contributed by atoms with van der Waals surface area (Å²) in [6, 6.07) is 9.44. The van der Waals surface area contributed by atoms with E-state index in [1.807, 2.05) is 12.1 Å². The number of Topliss-reactive ketones (excluding diaryl/α,β-unsaturated/α-hetero) is 1. The van der Waals surface area contributed by atoms with E-state index in [0.717, 1.165) is 23.9 Å². The molecular formula is C22H20F2N2O3. The average molecular weight is 398 g/mol. The van der Waals surface area contributed by atoms with Crippen molar-refractivity contribution in [3.63, 3.8) is 0 Å². The molecule has 0 saturated carbocycles. The number of anilines is 2. The maximum Gasteiger partial charge on any atom is 0.316 e.